The average molecular weight is 413 g/mol. The summed E-state index contributed by atoms with van der Waals surface area (Å²) >= 11 is 0. The number of halogens is 3. The van der Waals surface area contributed by atoms with Crippen LogP contribution in [0.1, 0.15) is 12.5 Å². The second-order valence-electron chi connectivity index (χ2n) is 6.58. The predicted molar refractivity (Wildman–Crippen MR) is 106 cm³/mol. The molecule has 0 saturated heterocycles. The van der Waals surface area contributed by atoms with Gasteiger partial charge in [0.1, 0.15) is 0 Å². The molecule has 154 valence electrons. The minimum Gasteiger partial charge on any atom is -0.452 e. The number of hydrogen-bond donors (Lipinski definition) is 1. The molecule has 0 aliphatic rings. The Labute approximate surface area is 171 Å². The quantitative estimate of drug-likeness (QED) is 0.463. The lowest BCUT2D eigenvalue weighted by atomic mass is 10.0. The highest BCUT2D eigenvalue weighted by atomic mass is 19.2. The SMILES string of the molecule is C[C@@H](OC(=O)Cc1ccc(-c2ccccc2)cc1)C(=O)Nc1ccc(F)c(F)c1F. The van der Waals surface area contributed by atoms with Crippen molar-refractivity contribution in [1.82, 2.24) is 0 Å². The normalized spacial score (nSPS) is 11.6. The standard InChI is InChI=1S/C23H18F3NO3/c1-14(23(29)27-19-12-11-18(24)21(25)22(19)26)30-20(28)13-15-7-9-17(10-8-15)16-5-3-2-4-6-16/h2-12,14H,13H2,1H3,(H,27,29)/t14-/m1/s1. The summed E-state index contributed by atoms with van der Waals surface area (Å²) in [6.45, 7) is 1.30. The lowest BCUT2D eigenvalue weighted by molar-refractivity contribution is -0.152. The van der Waals surface area contributed by atoms with Crippen molar-refractivity contribution in [1.29, 1.82) is 0 Å². The molecule has 3 aromatic rings. The third-order valence-electron chi connectivity index (χ3n) is 4.38. The molecule has 1 amide bonds. The van der Waals surface area contributed by atoms with E-state index < -0.39 is 41.1 Å². The maximum atomic E-state index is 13.7. The summed E-state index contributed by atoms with van der Waals surface area (Å²) in [6.07, 6.45) is -1.32. The number of benzene rings is 3. The monoisotopic (exact) mass is 413 g/mol. The van der Waals surface area contributed by atoms with Crippen LogP contribution in [0.2, 0.25) is 0 Å². The molecule has 0 fully saturated rings. The van der Waals surface area contributed by atoms with Gasteiger partial charge < -0.3 is 10.1 Å². The van der Waals surface area contributed by atoms with E-state index in [-0.39, 0.29) is 6.42 Å². The minimum atomic E-state index is -1.70. The van der Waals surface area contributed by atoms with E-state index >= 15 is 0 Å². The smallest absolute Gasteiger partial charge is 0.311 e. The van der Waals surface area contributed by atoms with Crippen molar-refractivity contribution >= 4 is 17.6 Å². The van der Waals surface area contributed by atoms with Gasteiger partial charge in [-0.1, -0.05) is 54.6 Å². The Bertz CT molecular complexity index is 1050. The van der Waals surface area contributed by atoms with Crippen molar-refractivity contribution in [3.63, 3.8) is 0 Å². The van der Waals surface area contributed by atoms with Gasteiger partial charge in [0, 0.05) is 0 Å². The van der Waals surface area contributed by atoms with Gasteiger partial charge >= 0.3 is 5.97 Å². The van der Waals surface area contributed by atoms with Gasteiger partial charge in [-0.15, -0.1) is 0 Å². The predicted octanol–water partition coefficient (Wildman–Crippen LogP) is 4.88. The van der Waals surface area contributed by atoms with Crippen molar-refractivity contribution in [3.8, 4) is 11.1 Å². The first-order chi connectivity index (χ1) is 14.3. The second kappa shape index (κ2) is 9.26. The maximum Gasteiger partial charge on any atom is 0.311 e. The highest BCUT2D eigenvalue weighted by molar-refractivity contribution is 5.95. The van der Waals surface area contributed by atoms with Gasteiger partial charge in [-0.25, -0.2) is 13.2 Å². The summed E-state index contributed by atoms with van der Waals surface area (Å²) in [4.78, 5) is 24.2. The lowest BCUT2D eigenvalue weighted by Gasteiger charge is -2.14. The number of anilines is 1. The molecule has 0 aliphatic heterocycles. The van der Waals surface area contributed by atoms with E-state index in [4.69, 9.17) is 4.74 Å². The highest BCUT2D eigenvalue weighted by Crippen LogP contribution is 2.21. The van der Waals surface area contributed by atoms with Crippen LogP contribution < -0.4 is 5.32 Å². The maximum absolute atomic E-state index is 13.7. The fourth-order valence-corrected chi connectivity index (χ4v) is 2.76. The Morgan fingerprint density at radius 1 is 0.867 bits per heavy atom. The Hall–Kier alpha value is -3.61. The van der Waals surface area contributed by atoms with E-state index in [0.717, 1.165) is 17.2 Å². The number of hydrogen-bond acceptors (Lipinski definition) is 3. The zero-order valence-electron chi connectivity index (χ0n) is 16.0. The van der Waals surface area contributed by atoms with Crippen molar-refractivity contribution in [2.24, 2.45) is 0 Å². The van der Waals surface area contributed by atoms with Crippen molar-refractivity contribution in [2.45, 2.75) is 19.4 Å². The van der Waals surface area contributed by atoms with Gasteiger partial charge in [0.2, 0.25) is 0 Å². The summed E-state index contributed by atoms with van der Waals surface area (Å²) in [6, 6.07) is 18.6. The first-order valence-corrected chi connectivity index (χ1v) is 9.13. The molecule has 7 heteroatoms. The van der Waals surface area contributed by atoms with E-state index in [1.807, 2.05) is 42.5 Å². The molecule has 0 heterocycles. The lowest BCUT2D eigenvalue weighted by Crippen LogP contribution is -2.31. The number of ether oxygens (including phenoxy) is 1. The zero-order chi connectivity index (χ0) is 21.7. The number of rotatable bonds is 6. The summed E-state index contributed by atoms with van der Waals surface area (Å²) in [5, 5.41) is 2.08. The first kappa shape index (κ1) is 21.1. The molecule has 4 nitrogen and oxygen atoms in total. The van der Waals surface area contributed by atoms with Gasteiger partial charge in [-0.05, 0) is 35.7 Å². The Morgan fingerprint density at radius 2 is 1.50 bits per heavy atom. The van der Waals surface area contributed by atoms with Crippen LogP contribution in [-0.2, 0) is 20.7 Å². The Balaban J connectivity index is 1.56. The van der Waals surface area contributed by atoms with E-state index in [1.165, 1.54) is 6.92 Å². The molecule has 0 unspecified atom stereocenters. The molecular formula is C23H18F3NO3. The molecular weight excluding hydrogens is 395 g/mol. The summed E-state index contributed by atoms with van der Waals surface area (Å²) in [5.41, 5.74) is 2.19. The molecule has 0 saturated carbocycles. The number of esters is 1. The van der Waals surface area contributed by atoms with Crippen LogP contribution in [0.25, 0.3) is 11.1 Å². The second-order valence-corrected chi connectivity index (χ2v) is 6.58. The zero-order valence-corrected chi connectivity index (χ0v) is 16.0. The van der Waals surface area contributed by atoms with Crippen LogP contribution in [0.4, 0.5) is 18.9 Å². The van der Waals surface area contributed by atoms with Crippen LogP contribution in [0.15, 0.2) is 66.7 Å². The van der Waals surface area contributed by atoms with Gasteiger partial charge in [0.05, 0.1) is 12.1 Å². The summed E-state index contributed by atoms with van der Waals surface area (Å²) in [5.74, 6) is -6.12. The van der Waals surface area contributed by atoms with E-state index in [2.05, 4.69) is 5.32 Å². The largest absolute Gasteiger partial charge is 0.452 e. The van der Waals surface area contributed by atoms with Crippen LogP contribution in [0, 0.1) is 17.5 Å². The third-order valence-corrected chi connectivity index (χ3v) is 4.38. The molecule has 0 radical (unpaired) electrons. The molecule has 3 rings (SSSR count). The first-order valence-electron chi connectivity index (χ1n) is 9.13. The number of carbonyl (C=O) groups excluding carboxylic acids is 2. The van der Waals surface area contributed by atoms with Crippen molar-refractivity contribution in [3.05, 3.63) is 89.7 Å². The molecule has 3 aromatic carbocycles. The Morgan fingerprint density at radius 3 is 2.17 bits per heavy atom. The van der Waals surface area contributed by atoms with E-state index in [0.29, 0.717) is 11.6 Å². The number of amides is 1. The Kier molecular flexibility index (Phi) is 6.51. The highest BCUT2D eigenvalue weighted by Gasteiger charge is 2.21. The van der Waals surface area contributed by atoms with Crippen molar-refractivity contribution in [2.75, 3.05) is 5.32 Å². The fraction of sp³-hybridized carbons (Fsp3) is 0.130. The van der Waals surface area contributed by atoms with Crippen LogP contribution in [-0.4, -0.2) is 18.0 Å². The van der Waals surface area contributed by atoms with E-state index in [1.54, 1.807) is 12.1 Å². The summed E-state index contributed by atoms with van der Waals surface area (Å²) in [7, 11) is 0. The molecule has 1 atom stereocenters. The summed E-state index contributed by atoms with van der Waals surface area (Å²) < 4.78 is 44.9. The van der Waals surface area contributed by atoms with E-state index in [9.17, 15) is 22.8 Å². The van der Waals surface area contributed by atoms with Gasteiger partial charge in [0.15, 0.2) is 23.6 Å². The minimum absolute atomic E-state index is 0.0633. The molecule has 30 heavy (non-hydrogen) atoms. The topological polar surface area (TPSA) is 55.4 Å². The van der Waals surface area contributed by atoms with Crippen molar-refractivity contribution < 1.29 is 27.5 Å². The molecule has 0 aliphatic carbocycles. The third kappa shape index (κ3) is 5.05. The molecule has 0 aromatic heterocycles. The van der Waals surface area contributed by atoms with Gasteiger partial charge in [0.25, 0.3) is 5.91 Å². The van der Waals surface area contributed by atoms with Gasteiger partial charge in [-0.3, -0.25) is 9.59 Å². The van der Waals surface area contributed by atoms with Crippen LogP contribution in [0.5, 0.6) is 0 Å². The molecule has 1 N–H and O–H groups in total. The molecule has 0 spiro atoms. The average Bonchev–Trinajstić information content (AvgIpc) is 2.75. The number of carbonyl (C=O) groups is 2. The number of nitrogens with one attached hydrogen (secondary N) is 1. The van der Waals surface area contributed by atoms with Crippen LogP contribution >= 0.6 is 0 Å². The fourth-order valence-electron chi connectivity index (χ4n) is 2.76. The van der Waals surface area contributed by atoms with Gasteiger partial charge in [-0.2, -0.15) is 0 Å². The molecule has 0 bridgehead atoms. The van der Waals surface area contributed by atoms with Crippen LogP contribution in [0.3, 0.4) is 0 Å².